The third-order valence-corrected chi connectivity index (χ3v) is 7.01. The lowest BCUT2D eigenvalue weighted by Gasteiger charge is -2.38. The largest absolute Gasteiger partial charge is 0.365 e. The smallest absolute Gasteiger partial charge is 0.292 e. The fraction of sp³-hybridized carbons (Fsp3) is 0.308. The molecule has 0 spiro atoms. The number of likely N-dealkylation sites (tertiary alicyclic amines) is 1. The Morgan fingerprint density at radius 2 is 1.54 bits per heavy atom. The Morgan fingerprint density at radius 3 is 2.23 bits per heavy atom. The Kier molecular flexibility index (Phi) is 6.55. The zero-order valence-electron chi connectivity index (χ0n) is 19.2. The van der Waals surface area contributed by atoms with Gasteiger partial charge in [0, 0.05) is 38.3 Å². The first-order chi connectivity index (χ1) is 17.0. The van der Waals surface area contributed by atoms with Crippen molar-refractivity contribution in [1.82, 2.24) is 19.6 Å². The second kappa shape index (κ2) is 9.92. The lowest BCUT2D eigenvalue weighted by molar-refractivity contribution is -0.135. The molecule has 3 heterocycles. The molecule has 0 bridgehead atoms. The molecule has 2 aliphatic heterocycles. The van der Waals surface area contributed by atoms with Crippen LogP contribution < -0.4 is 10.5 Å². The Bertz CT molecular complexity index is 1270. The first-order valence-electron chi connectivity index (χ1n) is 11.8. The molecule has 3 aromatic rings. The van der Waals surface area contributed by atoms with E-state index < -0.39 is 6.04 Å². The zero-order chi connectivity index (χ0) is 24.4. The van der Waals surface area contributed by atoms with E-state index >= 15 is 0 Å². The van der Waals surface area contributed by atoms with Gasteiger partial charge in [-0.25, -0.2) is 0 Å². The summed E-state index contributed by atoms with van der Waals surface area (Å²) in [6, 6.07) is 17.8. The molecule has 0 saturated carbocycles. The van der Waals surface area contributed by atoms with Crippen molar-refractivity contribution in [3.05, 3.63) is 87.8 Å². The predicted molar refractivity (Wildman–Crippen MR) is 134 cm³/mol. The average molecular weight is 492 g/mol. The highest BCUT2D eigenvalue weighted by molar-refractivity contribution is 6.33. The first kappa shape index (κ1) is 23.1. The molecule has 8 nitrogen and oxygen atoms in total. The summed E-state index contributed by atoms with van der Waals surface area (Å²) in [7, 11) is 0. The van der Waals surface area contributed by atoms with E-state index in [0.717, 1.165) is 6.42 Å². The van der Waals surface area contributed by atoms with E-state index in [-0.39, 0.29) is 22.4 Å². The number of piperazine rings is 1. The van der Waals surface area contributed by atoms with Gasteiger partial charge in [0.25, 0.3) is 11.5 Å². The van der Waals surface area contributed by atoms with Crippen molar-refractivity contribution in [2.75, 3.05) is 37.6 Å². The van der Waals surface area contributed by atoms with E-state index in [0.29, 0.717) is 56.1 Å². The SMILES string of the molecule is O=C(C1CCCN1C(=O)c1ccccc1)N1CCN(c2cnn(-c3ccccc3)c(=O)c2Cl)CC1. The van der Waals surface area contributed by atoms with Crippen LogP contribution in [0.4, 0.5) is 5.69 Å². The molecule has 1 unspecified atom stereocenters. The number of hydrogen-bond acceptors (Lipinski definition) is 5. The van der Waals surface area contributed by atoms with Crippen LogP contribution in [0.25, 0.3) is 5.69 Å². The van der Waals surface area contributed by atoms with Gasteiger partial charge in [-0.15, -0.1) is 0 Å². The number of halogens is 1. The van der Waals surface area contributed by atoms with Crippen molar-refractivity contribution in [2.24, 2.45) is 0 Å². The van der Waals surface area contributed by atoms with Gasteiger partial charge < -0.3 is 14.7 Å². The third kappa shape index (κ3) is 4.53. The van der Waals surface area contributed by atoms with E-state index in [2.05, 4.69) is 5.10 Å². The fourth-order valence-electron chi connectivity index (χ4n) is 4.79. The van der Waals surface area contributed by atoms with Crippen LogP contribution in [-0.4, -0.2) is 70.2 Å². The van der Waals surface area contributed by atoms with Gasteiger partial charge in [-0.05, 0) is 37.1 Å². The quantitative estimate of drug-likeness (QED) is 0.561. The van der Waals surface area contributed by atoms with Gasteiger partial charge in [0.05, 0.1) is 17.6 Å². The van der Waals surface area contributed by atoms with Crippen molar-refractivity contribution >= 4 is 29.1 Å². The molecule has 0 aliphatic carbocycles. The highest BCUT2D eigenvalue weighted by Crippen LogP contribution is 2.25. The van der Waals surface area contributed by atoms with Gasteiger partial charge in [-0.3, -0.25) is 14.4 Å². The highest BCUT2D eigenvalue weighted by atomic mass is 35.5. The molecule has 2 amide bonds. The van der Waals surface area contributed by atoms with Crippen LogP contribution in [-0.2, 0) is 4.79 Å². The van der Waals surface area contributed by atoms with Crippen LogP contribution in [0, 0.1) is 0 Å². The van der Waals surface area contributed by atoms with E-state index in [1.165, 1.54) is 4.68 Å². The van der Waals surface area contributed by atoms with Gasteiger partial charge in [-0.1, -0.05) is 48.0 Å². The Morgan fingerprint density at radius 1 is 0.886 bits per heavy atom. The zero-order valence-corrected chi connectivity index (χ0v) is 20.0. The summed E-state index contributed by atoms with van der Waals surface area (Å²) in [4.78, 5) is 44.6. The van der Waals surface area contributed by atoms with E-state index in [4.69, 9.17) is 11.6 Å². The topological polar surface area (TPSA) is 78.8 Å². The summed E-state index contributed by atoms with van der Waals surface area (Å²) in [6.07, 6.45) is 3.09. The average Bonchev–Trinajstić information content (AvgIpc) is 3.40. The molecule has 0 N–H and O–H groups in total. The number of anilines is 1. The number of benzene rings is 2. The highest BCUT2D eigenvalue weighted by Gasteiger charge is 2.37. The standard InChI is InChI=1S/C26H26ClN5O3/c27-23-22(18-28-32(26(23)35)20-10-5-2-6-11-20)29-14-16-30(17-15-29)25(34)21-12-7-13-31(21)24(33)19-8-3-1-4-9-19/h1-6,8-11,18,21H,7,12-17H2. The van der Waals surface area contributed by atoms with Gasteiger partial charge in [0.1, 0.15) is 11.1 Å². The summed E-state index contributed by atoms with van der Waals surface area (Å²) in [6.45, 7) is 2.62. The molecule has 180 valence electrons. The first-order valence-corrected chi connectivity index (χ1v) is 12.2. The van der Waals surface area contributed by atoms with Crippen molar-refractivity contribution in [3.8, 4) is 5.69 Å². The molecule has 2 fully saturated rings. The second-order valence-electron chi connectivity index (χ2n) is 8.73. The summed E-state index contributed by atoms with van der Waals surface area (Å²) in [5.41, 5.74) is 1.43. The van der Waals surface area contributed by atoms with Crippen LogP contribution in [0.15, 0.2) is 71.7 Å². The number of hydrogen-bond donors (Lipinski definition) is 0. The number of amides is 2. The van der Waals surface area contributed by atoms with Crippen molar-refractivity contribution in [2.45, 2.75) is 18.9 Å². The molecule has 0 radical (unpaired) electrons. The Hall–Kier alpha value is -3.65. The van der Waals surface area contributed by atoms with Gasteiger partial charge in [0.2, 0.25) is 5.91 Å². The van der Waals surface area contributed by atoms with Crippen LogP contribution in [0.2, 0.25) is 5.02 Å². The van der Waals surface area contributed by atoms with E-state index in [9.17, 15) is 14.4 Å². The molecule has 2 saturated heterocycles. The normalized spacial score (nSPS) is 18.1. The fourth-order valence-corrected chi connectivity index (χ4v) is 5.04. The number of nitrogens with zero attached hydrogens (tertiary/aromatic N) is 5. The molecular weight excluding hydrogens is 466 g/mol. The lowest BCUT2D eigenvalue weighted by Crippen LogP contribution is -2.54. The van der Waals surface area contributed by atoms with Crippen LogP contribution >= 0.6 is 11.6 Å². The molecule has 2 aliphatic rings. The number of aromatic nitrogens is 2. The molecule has 1 atom stereocenters. The number of carbonyl (C=O) groups is 2. The van der Waals surface area contributed by atoms with Gasteiger partial charge >= 0.3 is 0 Å². The van der Waals surface area contributed by atoms with Crippen LogP contribution in [0.1, 0.15) is 23.2 Å². The molecule has 35 heavy (non-hydrogen) atoms. The minimum Gasteiger partial charge on any atom is -0.365 e. The summed E-state index contributed by atoms with van der Waals surface area (Å²) >= 11 is 6.46. The number of rotatable bonds is 4. The number of para-hydroxylation sites is 1. The molecule has 2 aromatic carbocycles. The maximum absolute atomic E-state index is 13.3. The summed E-state index contributed by atoms with van der Waals surface area (Å²) < 4.78 is 1.28. The molecule has 5 rings (SSSR count). The maximum Gasteiger partial charge on any atom is 0.292 e. The van der Waals surface area contributed by atoms with Crippen molar-refractivity contribution < 1.29 is 9.59 Å². The summed E-state index contributed by atoms with van der Waals surface area (Å²) in [5.74, 6) is -0.118. The van der Waals surface area contributed by atoms with E-state index in [1.54, 1.807) is 35.4 Å². The maximum atomic E-state index is 13.3. The monoisotopic (exact) mass is 491 g/mol. The second-order valence-corrected chi connectivity index (χ2v) is 9.11. The molecule has 9 heteroatoms. The van der Waals surface area contributed by atoms with Crippen LogP contribution in [0.3, 0.4) is 0 Å². The van der Waals surface area contributed by atoms with E-state index in [1.807, 2.05) is 46.2 Å². The Balaban J connectivity index is 1.26. The molecule has 1 aromatic heterocycles. The van der Waals surface area contributed by atoms with Gasteiger partial charge in [0.15, 0.2) is 0 Å². The van der Waals surface area contributed by atoms with Crippen molar-refractivity contribution in [1.29, 1.82) is 0 Å². The number of carbonyl (C=O) groups excluding carboxylic acids is 2. The van der Waals surface area contributed by atoms with Crippen LogP contribution in [0.5, 0.6) is 0 Å². The lowest BCUT2D eigenvalue weighted by atomic mass is 10.1. The predicted octanol–water partition coefficient (Wildman–Crippen LogP) is 2.84. The Labute approximate surface area is 208 Å². The third-order valence-electron chi connectivity index (χ3n) is 6.65. The molecular formula is C26H26ClN5O3. The minimum atomic E-state index is -0.436. The minimum absolute atomic E-state index is 0.0184. The summed E-state index contributed by atoms with van der Waals surface area (Å²) in [5, 5.41) is 4.42. The van der Waals surface area contributed by atoms with Gasteiger partial charge in [-0.2, -0.15) is 9.78 Å². The van der Waals surface area contributed by atoms with Crippen molar-refractivity contribution in [3.63, 3.8) is 0 Å².